The molecule has 0 nitrogen and oxygen atoms in total. The normalized spacial score (nSPS) is 26.9. The molecule has 0 saturated heterocycles. The van der Waals surface area contributed by atoms with Crippen molar-refractivity contribution in [3.05, 3.63) is 47.3 Å². The van der Waals surface area contributed by atoms with Crippen LogP contribution in [-0.2, 0) is 6.42 Å². The predicted octanol–water partition coefficient (Wildman–Crippen LogP) is 9.59. The van der Waals surface area contributed by atoms with E-state index < -0.39 is 0 Å². The van der Waals surface area contributed by atoms with Crippen molar-refractivity contribution in [3.8, 4) is 0 Å². The molecule has 4 rings (SSSR count). The fourth-order valence-corrected chi connectivity index (χ4v) is 6.65. The minimum absolute atomic E-state index is 0.0162. The number of rotatable bonds is 8. The van der Waals surface area contributed by atoms with Gasteiger partial charge in [-0.1, -0.05) is 82.7 Å². The second-order valence-electron chi connectivity index (χ2n) is 10.7. The Morgan fingerprint density at radius 1 is 0.774 bits per heavy atom. The molecule has 0 bridgehead atoms. The van der Waals surface area contributed by atoms with Crippen molar-refractivity contribution in [2.75, 3.05) is 0 Å². The molecule has 0 unspecified atom stereocenters. The number of benzene rings is 2. The van der Waals surface area contributed by atoms with E-state index in [2.05, 4.69) is 38.1 Å². The minimum atomic E-state index is 0.0162. The van der Waals surface area contributed by atoms with Crippen LogP contribution in [0.25, 0.3) is 10.8 Å². The largest absolute Gasteiger partial charge is 0.206 e. The third kappa shape index (κ3) is 5.52. The number of hydrogen-bond donors (Lipinski definition) is 0. The zero-order valence-corrected chi connectivity index (χ0v) is 20.0. The summed E-state index contributed by atoms with van der Waals surface area (Å²) in [6.07, 6.45) is 18.5. The van der Waals surface area contributed by atoms with E-state index in [0.29, 0.717) is 5.92 Å². The molecule has 2 aromatic carbocycles. The Morgan fingerprint density at radius 2 is 1.48 bits per heavy atom. The molecule has 0 radical (unpaired) electrons. The summed E-state index contributed by atoms with van der Waals surface area (Å²) in [5, 5.41) is 1.90. The first-order valence-corrected chi connectivity index (χ1v) is 13.4. The molecular weight excluding hydrogens is 379 g/mol. The maximum atomic E-state index is 15.0. The van der Waals surface area contributed by atoms with E-state index >= 15 is 4.39 Å². The topological polar surface area (TPSA) is 0 Å². The second-order valence-corrected chi connectivity index (χ2v) is 10.7. The Balaban J connectivity index is 1.35. The molecule has 0 aromatic heterocycles. The molecule has 2 saturated carbocycles. The monoisotopic (exact) mass is 422 g/mol. The first kappa shape index (κ1) is 22.8. The molecule has 0 spiro atoms. The van der Waals surface area contributed by atoms with E-state index in [1.807, 2.05) is 6.07 Å². The number of aryl methyl sites for hydroxylation is 1. The van der Waals surface area contributed by atoms with Crippen LogP contribution in [0.4, 0.5) is 4.39 Å². The van der Waals surface area contributed by atoms with Crippen LogP contribution < -0.4 is 0 Å². The van der Waals surface area contributed by atoms with Crippen molar-refractivity contribution in [1.29, 1.82) is 0 Å². The highest BCUT2D eigenvalue weighted by Crippen LogP contribution is 2.44. The van der Waals surface area contributed by atoms with Crippen LogP contribution in [0.15, 0.2) is 30.3 Å². The van der Waals surface area contributed by atoms with Crippen LogP contribution in [0.3, 0.4) is 0 Å². The fourth-order valence-electron chi connectivity index (χ4n) is 6.65. The Hall–Kier alpha value is -1.37. The van der Waals surface area contributed by atoms with Crippen molar-refractivity contribution < 1.29 is 4.39 Å². The quantitative estimate of drug-likeness (QED) is 0.371. The number of fused-ring (bicyclic) bond motifs is 1. The molecule has 0 aliphatic heterocycles. The molecule has 31 heavy (non-hydrogen) atoms. The third-order valence-corrected chi connectivity index (χ3v) is 8.61. The molecule has 2 aliphatic carbocycles. The molecule has 2 aromatic rings. The van der Waals surface area contributed by atoms with Crippen molar-refractivity contribution in [2.45, 2.75) is 110 Å². The van der Waals surface area contributed by atoms with Crippen molar-refractivity contribution in [1.82, 2.24) is 0 Å². The second kappa shape index (κ2) is 11.0. The highest BCUT2D eigenvalue weighted by molar-refractivity contribution is 5.84. The van der Waals surface area contributed by atoms with Crippen LogP contribution in [0.2, 0.25) is 0 Å². The summed E-state index contributed by atoms with van der Waals surface area (Å²) in [5.41, 5.74) is 2.33. The van der Waals surface area contributed by atoms with Gasteiger partial charge in [0.05, 0.1) is 0 Å². The van der Waals surface area contributed by atoms with Gasteiger partial charge >= 0.3 is 0 Å². The number of halogens is 1. The van der Waals surface area contributed by atoms with Crippen molar-refractivity contribution in [2.24, 2.45) is 17.8 Å². The van der Waals surface area contributed by atoms with Gasteiger partial charge in [0.25, 0.3) is 0 Å². The number of hydrogen-bond acceptors (Lipinski definition) is 0. The van der Waals surface area contributed by atoms with Gasteiger partial charge in [-0.15, -0.1) is 0 Å². The molecule has 2 aliphatic rings. The van der Waals surface area contributed by atoms with Gasteiger partial charge < -0.3 is 0 Å². The minimum Gasteiger partial charge on any atom is -0.206 e. The van der Waals surface area contributed by atoms with Gasteiger partial charge in [0.15, 0.2) is 0 Å². The fraction of sp³-hybridized carbons (Fsp3) is 0.667. The van der Waals surface area contributed by atoms with Crippen molar-refractivity contribution in [3.63, 3.8) is 0 Å². The maximum Gasteiger partial charge on any atom is 0.134 e. The van der Waals surface area contributed by atoms with Crippen LogP contribution in [0.1, 0.15) is 114 Å². The van der Waals surface area contributed by atoms with E-state index in [1.165, 1.54) is 82.6 Å². The zero-order chi connectivity index (χ0) is 21.6. The first-order valence-electron chi connectivity index (χ1n) is 13.4. The van der Waals surface area contributed by atoms with E-state index in [9.17, 15) is 0 Å². The Bertz CT molecular complexity index is 822. The molecule has 0 amide bonds. The third-order valence-electron chi connectivity index (χ3n) is 8.61. The summed E-state index contributed by atoms with van der Waals surface area (Å²) in [6, 6.07) is 10.8. The summed E-state index contributed by atoms with van der Waals surface area (Å²) in [6.45, 7) is 4.53. The molecule has 170 valence electrons. The maximum absolute atomic E-state index is 15.0. The van der Waals surface area contributed by atoms with Gasteiger partial charge in [0, 0.05) is 5.39 Å². The zero-order valence-electron chi connectivity index (χ0n) is 20.0. The highest BCUT2D eigenvalue weighted by Gasteiger charge is 2.31. The average molecular weight is 423 g/mol. The molecular formula is C30H43F. The lowest BCUT2D eigenvalue weighted by Crippen LogP contribution is -2.25. The Kier molecular flexibility index (Phi) is 8.07. The lowest BCUT2D eigenvalue weighted by molar-refractivity contribution is 0.156. The Morgan fingerprint density at radius 3 is 2.16 bits per heavy atom. The van der Waals surface area contributed by atoms with Crippen LogP contribution in [-0.4, -0.2) is 0 Å². The summed E-state index contributed by atoms with van der Waals surface area (Å²) in [4.78, 5) is 0. The van der Waals surface area contributed by atoms with E-state index in [4.69, 9.17) is 0 Å². The number of unbranched alkanes of at least 4 members (excludes halogenated alkanes) is 2. The smallest absolute Gasteiger partial charge is 0.134 e. The summed E-state index contributed by atoms with van der Waals surface area (Å²) >= 11 is 0. The lowest BCUT2D eigenvalue weighted by atomic mass is 9.68. The molecule has 1 heteroatoms. The SMILES string of the molecule is CCCCCc1ccc2cc(C3CCC(C4CCC(CCC)CC4)CC3)ccc2c1F. The highest BCUT2D eigenvalue weighted by atomic mass is 19.1. The van der Waals surface area contributed by atoms with Crippen LogP contribution in [0, 0.1) is 23.6 Å². The summed E-state index contributed by atoms with van der Waals surface area (Å²) < 4.78 is 15.0. The van der Waals surface area contributed by atoms with E-state index in [0.717, 1.165) is 46.9 Å². The Labute approximate surface area is 190 Å². The van der Waals surface area contributed by atoms with Crippen LogP contribution in [0.5, 0.6) is 0 Å². The average Bonchev–Trinajstić information content (AvgIpc) is 2.81. The van der Waals surface area contributed by atoms with Gasteiger partial charge in [0.2, 0.25) is 0 Å². The van der Waals surface area contributed by atoms with Crippen LogP contribution >= 0.6 is 0 Å². The van der Waals surface area contributed by atoms with Gasteiger partial charge in [-0.05, 0) is 91.6 Å². The van der Waals surface area contributed by atoms with Gasteiger partial charge in [0.1, 0.15) is 5.82 Å². The summed E-state index contributed by atoms with van der Waals surface area (Å²) in [5.74, 6) is 3.66. The van der Waals surface area contributed by atoms with E-state index in [-0.39, 0.29) is 5.82 Å². The van der Waals surface area contributed by atoms with Gasteiger partial charge in [-0.2, -0.15) is 0 Å². The standard InChI is InChI=1S/C30H43F/c1-3-5-6-8-26-17-18-28-21-27(19-20-29(28)30(26)31)25-15-13-24(14-16-25)23-11-9-22(7-4-2)10-12-23/h17-25H,3-16H2,1-2H3. The summed E-state index contributed by atoms with van der Waals surface area (Å²) in [7, 11) is 0. The van der Waals surface area contributed by atoms with Gasteiger partial charge in [-0.25, -0.2) is 4.39 Å². The lowest BCUT2D eigenvalue weighted by Gasteiger charge is -2.38. The predicted molar refractivity (Wildman–Crippen MR) is 132 cm³/mol. The molecule has 0 heterocycles. The first-order chi connectivity index (χ1) is 15.2. The molecule has 0 atom stereocenters. The molecule has 2 fully saturated rings. The molecule has 0 N–H and O–H groups in total. The van der Waals surface area contributed by atoms with Gasteiger partial charge in [-0.3, -0.25) is 0 Å². The van der Waals surface area contributed by atoms with E-state index in [1.54, 1.807) is 0 Å². The van der Waals surface area contributed by atoms with Crippen molar-refractivity contribution >= 4 is 10.8 Å².